The smallest absolute Gasteiger partial charge is 0.240 e. The Labute approximate surface area is 131 Å². The number of carbonyl (C=O) groups excluding carboxylic acids is 2. The molecule has 2 fully saturated rings. The topological polar surface area (TPSA) is 58.2 Å². The molecule has 22 heavy (non-hydrogen) atoms. The van der Waals surface area contributed by atoms with Crippen molar-refractivity contribution in [3.05, 3.63) is 29.3 Å². The highest BCUT2D eigenvalue weighted by molar-refractivity contribution is 6.13. The normalized spacial score (nSPS) is 19.7. The summed E-state index contributed by atoms with van der Waals surface area (Å²) in [6.07, 6.45) is 5.74. The fraction of sp³-hybridized carbons (Fsp3) is 0.556. The van der Waals surface area contributed by atoms with Crippen LogP contribution in [0.25, 0.3) is 0 Å². The van der Waals surface area contributed by atoms with E-state index in [9.17, 15) is 9.59 Å². The predicted octanol–water partition coefficient (Wildman–Crippen LogP) is 3.08. The zero-order valence-electron chi connectivity index (χ0n) is 13.4. The molecule has 0 spiro atoms. The van der Waals surface area contributed by atoms with Gasteiger partial charge in [-0.25, -0.2) is 0 Å². The molecule has 0 bridgehead atoms. The van der Waals surface area contributed by atoms with Crippen LogP contribution in [0.2, 0.25) is 0 Å². The molecule has 2 aliphatic rings. The highest BCUT2D eigenvalue weighted by Gasteiger charge is 2.56. The van der Waals surface area contributed by atoms with Gasteiger partial charge in [0.15, 0.2) is 0 Å². The standard InChI is InChI=1S/C18H24N2O2/c1-12-7-8-15(11-13(12)2)20-17(22)18(9-10-18)16(21)19-14-5-3-4-6-14/h7-8,11,14H,3-6,9-10H2,1-2H3,(H,19,21)(H,20,22). The lowest BCUT2D eigenvalue weighted by Crippen LogP contribution is -2.43. The maximum absolute atomic E-state index is 12.5. The van der Waals surface area contributed by atoms with Crippen LogP contribution in [-0.2, 0) is 9.59 Å². The van der Waals surface area contributed by atoms with Gasteiger partial charge < -0.3 is 10.6 Å². The number of hydrogen-bond acceptors (Lipinski definition) is 2. The number of carbonyl (C=O) groups is 2. The lowest BCUT2D eigenvalue weighted by Gasteiger charge is -2.19. The number of anilines is 1. The molecule has 0 aliphatic heterocycles. The first-order valence-electron chi connectivity index (χ1n) is 8.21. The number of amides is 2. The van der Waals surface area contributed by atoms with Gasteiger partial charge in [-0.1, -0.05) is 18.9 Å². The van der Waals surface area contributed by atoms with Gasteiger partial charge in [0.2, 0.25) is 11.8 Å². The summed E-state index contributed by atoms with van der Waals surface area (Å²) in [5.74, 6) is -0.244. The summed E-state index contributed by atoms with van der Waals surface area (Å²) in [6, 6.07) is 6.10. The third-order valence-corrected chi connectivity index (χ3v) is 5.07. The zero-order chi connectivity index (χ0) is 15.7. The number of rotatable bonds is 4. The second-order valence-electron chi connectivity index (χ2n) is 6.79. The van der Waals surface area contributed by atoms with E-state index in [1.807, 2.05) is 32.0 Å². The maximum atomic E-state index is 12.5. The molecule has 2 aliphatic carbocycles. The average Bonchev–Trinajstić information content (AvgIpc) is 3.16. The van der Waals surface area contributed by atoms with Gasteiger partial charge in [-0.2, -0.15) is 0 Å². The Morgan fingerprint density at radius 3 is 2.32 bits per heavy atom. The monoisotopic (exact) mass is 300 g/mol. The third kappa shape index (κ3) is 2.87. The van der Waals surface area contributed by atoms with Crippen molar-refractivity contribution in [3.63, 3.8) is 0 Å². The molecule has 4 heteroatoms. The van der Waals surface area contributed by atoms with Crippen molar-refractivity contribution in [1.82, 2.24) is 5.32 Å². The van der Waals surface area contributed by atoms with Gasteiger partial charge in [0.05, 0.1) is 0 Å². The highest BCUT2D eigenvalue weighted by Crippen LogP contribution is 2.47. The first-order valence-corrected chi connectivity index (χ1v) is 8.21. The fourth-order valence-electron chi connectivity index (χ4n) is 3.15. The molecule has 0 heterocycles. The fourth-order valence-corrected chi connectivity index (χ4v) is 3.15. The zero-order valence-corrected chi connectivity index (χ0v) is 13.4. The van der Waals surface area contributed by atoms with Crippen molar-refractivity contribution < 1.29 is 9.59 Å². The Kier molecular flexibility index (Phi) is 3.94. The summed E-state index contributed by atoms with van der Waals surface area (Å²) in [7, 11) is 0. The Morgan fingerprint density at radius 1 is 1.05 bits per heavy atom. The molecule has 2 N–H and O–H groups in total. The Bertz CT molecular complexity index is 599. The molecule has 118 valence electrons. The summed E-state index contributed by atoms with van der Waals surface area (Å²) >= 11 is 0. The largest absolute Gasteiger partial charge is 0.352 e. The summed E-state index contributed by atoms with van der Waals surface area (Å²) in [6.45, 7) is 4.06. The molecule has 0 unspecified atom stereocenters. The maximum Gasteiger partial charge on any atom is 0.240 e. The minimum absolute atomic E-state index is 0.0827. The van der Waals surface area contributed by atoms with Gasteiger partial charge in [0.1, 0.15) is 5.41 Å². The molecule has 1 aromatic rings. The van der Waals surface area contributed by atoms with Gasteiger partial charge in [-0.15, -0.1) is 0 Å². The molecule has 0 radical (unpaired) electrons. The lowest BCUT2D eigenvalue weighted by molar-refractivity contribution is -0.134. The third-order valence-electron chi connectivity index (χ3n) is 5.07. The summed E-state index contributed by atoms with van der Waals surface area (Å²) in [5, 5.41) is 5.99. The van der Waals surface area contributed by atoms with Gasteiger partial charge in [0, 0.05) is 11.7 Å². The van der Waals surface area contributed by atoms with Crippen molar-refractivity contribution in [1.29, 1.82) is 0 Å². The van der Waals surface area contributed by atoms with Crippen LogP contribution in [0.15, 0.2) is 18.2 Å². The number of hydrogen-bond donors (Lipinski definition) is 2. The molecular formula is C18H24N2O2. The summed E-state index contributed by atoms with van der Waals surface area (Å²) in [5.41, 5.74) is 2.27. The second-order valence-corrected chi connectivity index (χ2v) is 6.79. The molecule has 0 saturated heterocycles. The summed E-state index contributed by atoms with van der Waals surface area (Å²) in [4.78, 5) is 25.0. The number of benzene rings is 1. The quantitative estimate of drug-likeness (QED) is 0.840. The van der Waals surface area contributed by atoms with Crippen LogP contribution in [0, 0.1) is 19.3 Å². The molecule has 0 atom stereocenters. The summed E-state index contributed by atoms with van der Waals surface area (Å²) < 4.78 is 0. The van der Waals surface area contributed by atoms with E-state index in [0.717, 1.165) is 24.1 Å². The van der Waals surface area contributed by atoms with Crippen molar-refractivity contribution in [2.24, 2.45) is 5.41 Å². The van der Waals surface area contributed by atoms with Crippen LogP contribution in [0.4, 0.5) is 5.69 Å². The van der Waals surface area contributed by atoms with E-state index < -0.39 is 5.41 Å². The molecule has 2 saturated carbocycles. The van der Waals surface area contributed by atoms with Gasteiger partial charge in [-0.3, -0.25) is 9.59 Å². The number of aryl methyl sites for hydroxylation is 2. The van der Waals surface area contributed by atoms with Crippen molar-refractivity contribution >= 4 is 17.5 Å². The molecule has 4 nitrogen and oxygen atoms in total. The van der Waals surface area contributed by atoms with E-state index >= 15 is 0 Å². The van der Waals surface area contributed by atoms with Crippen LogP contribution in [0.3, 0.4) is 0 Å². The Balaban J connectivity index is 1.65. The van der Waals surface area contributed by atoms with Crippen LogP contribution in [0.1, 0.15) is 49.7 Å². The van der Waals surface area contributed by atoms with E-state index in [4.69, 9.17) is 0 Å². The van der Waals surface area contributed by atoms with Crippen LogP contribution in [0.5, 0.6) is 0 Å². The van der Waals surface area contributed by atoms with Crippen LogP contribution >= 0.6 is 0 Å². The van der Waals surface area contributed by atoms with Gasteiger partial charge >= 0.3 is 0 Å². The molecule has 0 aromatic heterocycles. The first kappa shape index (κ1) is 15.1. The molecular weight excluding hydrogens is 276 g/mol. The van der Waals surface area contributed by atoms with Crippen molar-refractivity contribution in [2.75, 3.05) is 5.32 Å². The van der Waals surface area contributed by atoms with Crippen LogP contribution in [-0.4, -0.2) is 17.9 Å². The van der Waals surface area contributed by atoms with Crippen LogP contribution < -0.4 is 10.6 Å². The van der Waals surface area contributed by atoms with Gasteiger partial charge in [-0.05, 0) is 62.8 Å². The molecule has 2 amide bonds. The first-order chi connectivity index (χ1) is 10.5. The van der Waals surface area contributed by atoms with Crippen molar-refractivity contribution in [3.8, 4) is 0 Å². The second kappa shape index (κ2) is 5.75. The minimum atomic E-state index is -0.832. The Hall–Kier alpha value is -1.84. The van der Waals surface area contributed by atoms with E-state index in [2.05, 4.69) is 10.6 Å². The lowest BCUT2D eigenvalue weighted by atomic mass is 10.0. The van der Waals surface area contributed by atoms with Crippen molar-refractivity contribution in [2.45, 2.75) is 58.4 Å². The average molecular weight is 300 g/mol. The highest BCUT2D eigenvalue weighted by atomic mass is 16.2. The van der Waals surface area contributed by atoms with E-state index in [1.165, 1.54) is 18.4 Å². The van der Waals surface area contributed by atoms with E-state index in [-0.39, 0.29) is 17.9 Å². The minimum Gasteiger partial charge on any atom is -0.352 e. The molecule has 3 rings (SSSR count). The Morgan fingerprint density at radius 2 is 1.73 bits per heavy atom. The predicted molar refractivity (Wildman–Crippen MR) is 86.6 cm³/mol. The van der Waals surface area contributed by atoms with E-state index in [1.54, 1.807) is 0 Å². The molecule has 1 aromatic carbocycles. The SMILES string of the molecule is Cc1ccc(NC(=O)C2(C(=O)NC3CCCC3)CC2)cc1C. The van der Waals surface area contributed by atoms with Gasteiger partial charge in [0.25, 0.3) is 0 Å². The van der Waals surface area contributed by atoms with E-state index in [0.29, 0.717) is 12.8 Å². The number of nitrogens with one attached hydrogen (secondary N) is 2.